The molecule has 4 nitrogen and oxygen atoms in total. The number of rotatable bonds is 8. The normalized spacial score (nSPS) is 11.4. The molecule has 262 valence electrons. The highest BCUT2D eigenvalue weighted by Gasteiger charge is 2.26. The lowest BCUT2D eigenvalue weighted by molar-refractivity contribution is 0.875. The molecule has 4 heteroatoms. The fourth-order valence-corrected chi connectivity index (χ4v) is 7.95. The Morgan fingerprint density at radius 2 is 0.704 bits per heavy atom. The Morgan fingerprint density at radius 1 is 0.407 bits per heavy atom. The number of nitriles is 2. The lowest BCUT2D eigenvalue weighted by Gasteiger charge is -2.31. The highest BCUT2D eigenvalue weighted by molar-refractivity contribution is 6.29. The van der Waals surface area contributed by atoms with Crippen LogP contribution in [0.5, 0.6) is 0 Å². The van der Waals surface area contributed by atoms with E-state index in [4.69, 9.17) is 0 Å². The van der Waals surface area contributed by atoms with E-state index in [0.29, 0.717) is 11.1 Å². The van der Waals surface area contributed by atoms with E-state index in [2.05, 4.69) is 173 Å². The van der Waals surface area contributed by atoms with E-state index in [9.17, 15) is 10.5 Å². The number of hydrogen-bond acceptors (Lipinski definition) is 4. The molecular weight excluding hydrogens is 657 g/mol. The van der Waals surface area contributed by atoms with Crippen molar-refractivity contribution in [3.63, 3.8) is 0 Å². The van der Waals surface area contributed by atoms with Gasteiger partial charge in [-0.3, -0.25) is 0 Å². The summed E-state index contributed by atoms with van der Waals surface area (Å²) in [6, 6.07) is 51.8. The summed E-state index contributed by atoms with van der Waals surface area (Å²) in [5.74, 6) is 0.529. The second-order valence-electron chi connectivity index (χ2n) is 15.0. The number of hydrogen-bond donors (Lipinski definition) is 0. The maximum Gasteiger partial charge on any atom is 0.0991 e. The number of benzene rings is 8. The van der Waals surface area contributed by atoms with Crippen molar-refractivity contribution in [3.8, 4) is 12.1 Å². The number of aryl methyl sites for hydroxylation is 2. The van der Waals surface area contributed by atoms with E-state index in [1.807, 2.05) is 24.3 Å². The average Bonchev–Trinajstić information content (AvgIpc) is 3.19. The molecule has 0 heterocycles. The first-order valence-corrected chi connectivity index (χ1v) is 18.7. The van der Waals surface area contributed by atoms with Crippen molar-refractivity contribution in [1.82, 2.24) is 0 Å². The first kappa shape index (κ1) is 34.5. The fourth-order valence-electron chi connectivity index (χ4n) is 7.95. The second kappa shape index (κ2) is 13.7. The Morgan fingerprint density at radius 3 is 1.00 bits per heavy atom. The van der Waals surface area contributed by atoms with Gasteiger partial charge in [0.2, 0.25) is 0 Å². The smallest absolute Gasteiger partial charge is 0.0991 e. The summed E-state index contributed by atoms with van der Waals surface area (Å²) in [5, 5.41) is 26.7. The van der Waals surface area contributed by atoms with Crippen LogP contribution in [0.1, 0.15) is 72.9 Å². The second-order valence-corrected chi connectivity index (χ2v) is 15.0. The van der Waals surface area contributed by atoms with Gasteiger partial charge in [0, 0.05) is 33.5 Å². The third-order valence-corrected chi connectivity index (χ3v) is 10.7. The van der Waals surface area contributed by atoms with Crippen molar-refractivity contribution in [3.05, 3.63) is 167 Å². The summed E-state index contributed by atoms with van der Waals surface area (Å²) in [5.41, 5.74) is 12.6. The van der Waals surface area contributed by atoms with Crippen LogP contribution < -0.4 is 9.80 Å². The first-order valence-electron chi connectivity index (χ1n) is 18.7. The zero-order valence-electron chi connectivity index (χ0n) is 31.6. The van der Waals surface area contributed by atoms with Crippen LogP contribution >= 0.6 is 0 Å². The molecule has 0 saturated carbocycles. The van der Waals surface area contributed by atoms with E-state index >= 15 is 0 Å². The minimum atomic E-state index is 0.265. The van der Waals surface area contributed by atoms with Gasteiger partial charge in [-0.05, 0) is 143 Å². The van der Waals surface area contributed by atoms with Gasteiger partial charge in [-0.2, -0.15) is 10.5 Å². The number of anilines is 6. The van der Waals surface area contributed by atoms with E-state index < -0.39 is 0 Å². The molecule has 0 atom stereocenters. The Hall–Kier alpha value is -6.62. The first-order chi connectivity index (χ1) is 26.2. The molecule has 0 bridgehead atoms. The van der Waals surface area contributed by atoms with Crippen LogP contribution in [-0.4, -0.2) is 0 Å². The minimum Gasteiger partial charge on any atom is -0.310 e. The molecule has 0 saturated heterocycles. The minimum absolute atomic E-state index is 0.265. The summed E-state index contributed by atoms with van der Waals surface area (Å²) >= 11 is 0. The van der Waals surface area contributed by atoms with Gasteiger partial charge in [-0.15, -0.1) is 0 Å². The summed E-state index contributed by atoms with van der Waals surface area (Å²) in [4.78, 5) is 4.69. The summed E-state index contributed by atoms with van der Waals surface area (Å²) in [6.45, 7) is 13.4. The Bertz CT molecular complexity index is 2530. The van der Waals surface area contributed by atoms with Gasteiger partial charge in [0.05, 0.1) is 34.6 Å². The van der Waals surface area contributed by atoms with Crippen LogP contribution in [-0.2, 0) is 0 Å². The molecular formula is C50H42N4. The zero-order valence-corrected chi connectivity index (χ0v) is 31.6. The van der Waals surface area contributed by atoms with Gasteiger partial charge >= 0.3 is 0 Å². The summed E-state index contributed by atoms with van der Waals surface area (Å²) < 4.78 is 0. The molecule has 8 rings (SSSR count). The van der Waals surface area contributed by atoms with Crippen LogP contribution in [0, 0.1) is 36.5 Å². The van der Waals surface area contributed by atoms with Crippen LogP contribution in [0.25, 0.3) is 32.3 Å². The van der Waals surface area contributed by atoms with Gasteiger partial charge < -0.3 is 9.80 Å². The Balaban J connectivity index is 1.50. The molecule has 0 fully saturated rings. The molecule has 0 spiro atoms. The quantitative estimate of drug-likeness (QED) is 0.148. The molecule has 8 aromatic carbocycles. The van der Waals surface area contributed by atoms with Crippen molar-refractivity contribution in [2.24, 2.45) is 0 Å². The fraction of sp³-hybridized carbons (Fsp3) is 0.160. The lowest BCUT2D eigenvalue weighted by atomic mass is 9.84. The standard InChI is InChI=1S/C50H42N4/c1-31(2)45-27-47(53(37-15-7-33(5)8-16-37)39-19-11-35(29-51)12-20-39)43-26-24-42-46(32(3)4)28-48(44-25-23-41(45)49(43)50(42)44)54(38-17-9-34(6)10-18-38)40-21-13-36(30-52)14-22-40/h7-28,31-32H,1-6H3. The largest absolute Gasteiger partial charge is 0.310 e. The van der Waals surface area contributed by atoms with Gasteiger partial charge in [0.1, 0.15) is 0 Å². The van der Waals surface area contributed by atoms with Gasteiger partial charge in [0.15, 0.2) is 0 Å². The van der Waals surface area contributed by atoms with Gasteiger partial charge in [-0.1, -0.05) is 87.4 Å². The average molecular weight is 699 g/mol. The third kappa shape index (κ3) is 5.87. The highest BCUT2D eigenvalue weighted by atomic mass is 15.1. The Labute approximate surface area is 318 Å². The van der Waals surface area contributed by atoms with Crippen LogP contribution in [0.4, 0.5) is 34.1 Å². The monoisotopic (exact) mass is 698 g/mol. The molecule has 0 aliphatic heterocycles. The SMILES string of the molecule is Cc1ccc(N(c2ccc(C#N)cc2)c2cc(C(C)C)c3ccc4c(N(c5ccc(C)cc5)c5ccc(C#N)cc5)cc(C(C)C)c5ccc2c3c54)cc1. The predicted molar refractivity (Wildman–Crippen MR) is 227 cm³/mol. The Kier molecular flexibility index (Phi) is 8.77. The van der Waals surface area contributed by atoms with Crippen LogP contribution in [0.2, 0.25) is 0 Å². The van der Waals surface area contributed by atoms with Crippen molar-refractivity contribution >= 4 is 66.4 Å². The van der Waals surface area contributed by atoms with Gasteiger partial charge in [-0.25, -0.2) is 0 Å². The molecule has 0 aliphatic carbocycles. The zero-order chi connectivity index (χ0) is 37.7. The molecule has 8 aromatic rings. The molecule has 0 amide bonds. The van der Waals surface area contributed by atoms with E-state index in [-0.39, 0.29) is 11.8 Å². The topological polar surface area (TPSA) is 54.1 Å². The molecule has 0 unspecified atom stereocenters. The van der Waals surface area contributed by atoms with Crippen molar-refractivity contribution in [2.45, 2.75) is 53.4 Å². The van der Waals surface area contributed by atoms with Gasteiger partial charge in [0.25, 0.3) is 0 Å². The number of nitrogens with zero attached hydrogens (tertiary/aromatic N) is 4. The summed E-state index contributed by atoms with van der Waals surface area (Å²) in [6.07, 6.45) is 0. The van der Waals surface area contributed by atoms with E-state index in [0.717, 1.165) is 34.1 Å². The molecule has 0 aromatic heterocycles. The maximum atomic E-state index is 9.65. The maximum absolute atomic E-state index is 9.65. The van der Waals surface area contributed by atoms with E-state index in [1.54, 1.807) is 0 Å². The molecule has 0 N–H and O–H groups in total. The highest BCUT2D eigenvalue weighted by Crippen LogP contribution is 2.51. The molecule has 0 radical (unpaired) electrons. The third-order valence-electron chi connectivity index (χ3n) is 10.7. The van der Waals surface area contributed by atoms with Crippen molar-refractivity contribution in [2.75, 3.05) is 9.80 Å². The van der Waals surface area contributed by atoms with Crippen LogP contribution in [0.15, 0.2) is 133 Å². The summed E-state index contributed by atoms with van der Waals surface area (Å²) in [7, 11) is 0. The molecule has 0 aliphatic rings. The van der Waals surface area contributed by atoms with Crippen molar-refractivity contribution in [1.29, 1.82) is 10.5 Å². The molecule has 54 heavy (non-hydrogen) atoms. The van der Waals surface area contributed by atoms with Crippen LogP contribution in [0.3, 0.4) is 0 Å². The van der Waals surface area contributed by atoms with E-state index in [1.165, 1.54) is 54.6 Å². The predicted octanol–water partition coefficient (Wildman–Crippen LogP) is 14.1. The van der Waals surface area contributed by atoms with Crippen molar-refractivity contribution < 1.29 is 0 Å². The lowest BCUT2D eigenvalue weighted by Crippen LogP contribution is -2.13.